The summed E-state index contributed by atoms with van der Waals surface area (Å²) in [6.07, 6.45) is 0.246. The number of anilines is 1. The van der Waals surface area contributed by atoms with Crippen LogP contribution in [0.15, 0.2) is 12.1 Å². The molecule has 0 saturated carbocycles. The van der Waals surface area contributed by atoms with Gasteiger partial charge in [0.2, 0.25) is 5.91 Å². The Balaban J connectivity index is 2.12. The van der Waals surface area contributed by atoms with Gasteiger partial charge in [0.1, 0.15) is 5.82 Å². The van der Waals surface area contributed by atoms with Crippen molar-refractivity contribution < 1.29 is 14.0 Å². The third-order valence-electron chi connectivity index (χ3n) is 2.96. The molecule has 2 amide bonds. The average molecular weight is 251 g/mol. The van der Waals surface area contributed by atoms with Gasteiger partial charge in [0.15, 0.2) is 0 Å². The lowest BCUT2D eigenvalue weighted by atomic mass is 10.1. The Morgan fingerprint density at radius 3 is 2.83 bits per heavy atom. The number of nitrogens with two attached hydrogens (primary N) is 1. The molecule has 1 aliphatic heterocycles. The van der Waals surface area contributed by atoms with E-state index in [1.807, 2.05) is 0 Å². The van der Waals surface area contributed by atoms with Gasteiger partial charge in [-0.1, -0.05) is 0 Å². The van der Waals surface area contributed by atoms with Crippen molar-refractivity contribution in [2.45, 2.75) is 19.4 Å². The summed E-state index contributed by atoms with van der Waals surface area (Å²) in [5.74, 6) is -1.04. The molecule has 18 heavy (non-hydrogen) atoms. The number of halogens is 1. The molecular weight excluding hydrogens is 237 g/mol. The molecule has 0 radical (unpaired) electrons. The van der Waals surface area contributed by atoms with E-state index in [9.17, 15) is 14.0 Å². The van der Waals surface area contributed by atoms with Crippen molar-refractivity contribution >= 4 is 17.5 Å². The maximum absolute atomic E-state index is 13.4. The predicted molar refractivity (Wildman–Crippen MR) is 64.4 cm³/mol. The molecule has 0 aliphatic carbocycles. The molecule has 1 fully saturated rings. The summed E-state index contributed by atoms with van der Waals surface area (Å²) in [5, 5.41) is 5.26. The minimum atomic E-state index is -0.513. The quantitative estimate of drug-likeness (QED) is 0.662. The number of rotatable bonds is 2. The maximum Gasteiger partial charge on any atom is 0.251 e. The van der Waals surface area contributed by atoms with Crippen LogP contribution in [-0.2, 0) is 4.79 Å². The molecule has 1 aliphatic rings. The molecule has 1 unspecified atom stereocenters. The average Bonchev–Trinajstić information content (AvgIpc) is 2.71. The first kappa shape index (κ1) is 12.3. The van der Waals surface area contributed by atoms with E-state index in [4.69, 9.17) is 5.73 Å². The molecule has 96 valence electrons. The van der Waals surface area contributed by atoms with Crippen LogP contribution in [0.5, 0.6) is 0 Å². The molecule has 1 aromatic rings. The lowest BCUT2D eigenvalue weighted by Gasteiger charge is -2.11. The van der Waals surface area contributed by atoms with E-state index in [1.54, 1.807) is 6.92 Å². The topological polar surface area (TPSA) is 84.2 Å². The molecule has 5 nitrogen and oxygen atoms in total. The third-order valence-corrected chi connectivity index (χ3v) is 2.96. The normalized spacial score (nSPS) is 18.6. The first-order valence-corrected chi connectivity index (χ1v) is 5.60. The predicted octanol–water partition coefficient (Wildman–Crippen LogP) is 0.335. The Morgan fingerprint density at radius 2 is 2.28 bits per heavy atom. The second kappa shape index (κ2) is 4.64. The fourth-order valence-corrected chi connectivity index (χ4v) is 1.81. The largest absolute Gasteiger partial charge is 0.398 e. The van der Waals surface area contributed by atoms with Crippen LogP contribution < -0.4 is 16.4 Å². The van der Waals surface area contributed by atoms with Gasteiger partial charge in [-0.15, -0.1) is 0 Å². The highest BCUT2D eigenvalue weighted by atomic mass is 19.1. The minimum absolute atomic E-state index is 0.102. The molecule has 1 saturated heterocycles. The van der Waals surface area contributed by atoms with Crippen molar-refractivity contribution in [1.29, 1.82) is 0 Å². The minimum Gasteiger partial charge on any atom is -0.398 e. The van der Waals surface area contributed by atoms with Crippen molar-refractivity contribution in [2.24, 2.45) is 0 Å². The summed E-state index contributed by atoms with van der Waals surface area (Å²) < 4.78 is 13.4. The standard InChI is InChI=1S/C12H14FN3O2/c1-6-9(13)2-7(3-10(6)14)12(18)16-8-4-11(17)15-5-8/h2-3,8H,4-5,14H2,1H3,(H,15,17)(H,16,18). The highest BCUT2D eigenvalue weighted by molar-refractivity contribution is 5.96. The summed E-state index contributed by atoms with van der Waals surface area (Å²) in [4.78, 5) is 22.8. The van der Waals surface area contributed by atoms with Gasteiger partial charge >= 0.3 is 0 Å². The van der Waals surface area contributed by atoms with Crippen LogP contribution in [0.4, 0.5) is 10.1 Å². The number of amides is 2. The zero-order valence-corrected chi connectivity index (χ0v) is 9.92. The smallest absolute Gasteiger partial charge is 0.251 e. The van der Waals surface area contributed by atoms with E-state index >= 15 is 0 Å². The number of hydrogen-bond donors (Lipinski definition) is 3. The summed E-state index contributed by atoms with van der Waals surface area (Å²) in [5.41, 5.74) is 6.33. The van der Waals surface area contributed by atoms with Gasteiger partial charge in [-0.3, -0.25) is 9.59 Å². The number of carbonyl (C=O) groups excluding carboxylic acids is 2. The molecule has 1 aromatic carbocycles. The van der Waals surface area contributed by atoms with Crippen LogP contribution in [-0.4, -0.2) is 24.4 Å². The molecule has 0 aromatic heterocycles. The first-order chi connectivity index (χ1) is 8.47. The van der Waals surface area contributed by atoms with Crippen LogP contribution in [0.25, 0.3) is 0 Å². The van der Waals surface area contributed by atoms with Crippen LogP contribution in [0.2, 0.25) is 0 Å². The number of benzene rings is 1. The van der Waals surface area contributed by atoms with Gasteiger partial charge in [0, 0.05) is 29.8 Å². The second-order valence-corrected chi connectivity index (χ2v) is 4.35. The fraction of sp³-hybridized carbons (Fsp3) is 0.333. The number of nitrogen functional groups attached to an aromatic ring is 1. The molecule has 1 atom stereocenters. The molecule has 0 spiro atoms. The van der Waals surface area contributed by atoms with Crippen molar-refractivity contribution in [1.82, 2.24) is 10.6 Å². The van der Waals surface area contributed by atoms with Crippen molar-refractivity contribution in [3.8, 4) is 0 Å². The van der Waals surface area contributed by atoms with Gasteiger partial charge < -0.3 is 16.4 Å². The molecule has 4 N–H and O–H groups in total. The van der Waals surface area contributed by atoms with Crippen molar-refractivity contribution in [3.63, 3.8) is 0 Å². The number of carbonyl (C=O) groups is 2. The third kappa shape index (κ3) is 2.42. The lowest BCUT2D eigenvalue weighted by molar-refractivity contribution is -0.119. The van der Waals surface area contributed by atoms with Gasteiger partial charge in [-0.2, -0.15) is 0 Å². The maximum atomic E-state index is 13.4. The van der Waals surface area contributed by atoms with E-state index in [2.05, 4.69) is 10.6 Å². The van der Waals surface area contributed by atoms with E-state index in [0.717, 1.165) is 6.07 Å². The van der Waals surface area contributed by atoms with Crippen LogP contribution in [0.1, 0.15) is 22.3 Å². The monoisotopic (exact) mass is 251 g/mol. The molecule has 0 bridgehead atoms. The van der Waals surface area contributed by atoms with E-state index in [0.29, 0.717) is 12.1 Å². The number of nitrogens with one attached hydrogen (secondary N) is 2. The zero-order chi connectivity index (χ0) is 13.3. The number of hydrogen-bond acceptors (Lipinski definition) is 3. The molecule has 1 heterocycles. The van der Waals surface area contributed by atoms with E-state index < -0.39 is 11.7 Å². The Labute approximate surface area is 104 Å². The Bertz CT molecular complexity index is 493. The van der Waals surface area contributed by atoms with Gasteiger partial charge in [-0.25, -0.2) is 4.39 Å². The fourth-order valence-electron chi connectivity index (χ4n) is 1.81. The van der Waals surface area contributed by atoms with E-state index in [-0.39, 0.29) is 29.6 Å². The highest BCUT2D eigenvalue weighted by Gasteiger charge is 2.23. The van der Waals surface area contributed by atoms with Crippen molar-refractivity contribution in [2.75, 3.05) is 12.3 Å². The van der Waals surface area contributed by atoms with E-state index in [1.165, 1.54) is 6.07 Å². The van der Waals surface area contributed by atoms with Gasteiger partial charge in [0.25, 0.3) is 5.91 Å². The summed E-state index contributed by atoms with van der Waals surface area (Å²) in [6, 6.07) is 2.32. The van der Waals surface area contributed by atoms with Gasteiger partial charge in [0.05, 0.1) is 6.04 Å². The van der Waals surface area contributed by atoms with Crippen molar-refractivity contribution in [3.05, 3.63) is 29.1 Å². The summed E-state index contributed by atoms with van der Waals surface area (Å²) in [6.45, 7) is 1.94. The van der Waals surface area contributed by atoms with Crippen LogP contribution >= 0.6 is 0 Å². The Morgan fingerprint density at radius 1 is 1.56 bits per heavy atom. The molecule has 6 heteroatoms. The lowest BCUT2D eigenvalue weighted by Crippen LogP contribution is -2.36. The Kier molecular flexibility index (Phi) is 3.18. The van der Waals surface area contributed by atoms with Gasteiger partial charge in [-0.05, 0) is 19.1 Å². The highest BCUT2D eigenvalue weighted by Crippen LogP contribution is 2.17. The van der Waals surface area contributed by atoms with Crippen LogP contribution in [0.3, 0.4) is 0 Å². The Hall–Kier alpha value is -2.11. The molecule has 2 rings (SSSR count). The SMILES string of the molecule is Cc1c(N)cc(C(=O)NC2CNC(=O)C2)cc1F. The first-order valence-electron chi connectivity index (χ1n) is 5.60. The second-order valence-electron chi connectivity index (χ2n) is 4.35. The summed E-state index contributed by atoms with van der Waals surface area (Å²) >= 11 is 0. The molecular formula is C12H14FN3O2. The summed E-state index contributed by atoms with van der Waals surface area (Å²) in [7, 11) is 0. The zero-order valence-electron chi connectivity index (χ0n) is 9.92. The van der Waals surface area contributed by atoms with Crippen LogP contribution in [0, 0.1) is 12.7 Å².